The molecule has 1 N–H and O–H groups in total. The molecule has 17 heavy (non-hydrogen) atoms. The molecule has 2 rings (SSSR count). The summed E-state index contributed by atoms with van der Waals surface area (Å²) in [5.74, 6) is -1.59. The van der Waals surface area contributed by atoms with Crippen molar-refractivity contribution in [3.05, 3.63) is 35.8 Å². The van der Waals surface area contributed by atoms with Crippen molar-refractivity contribution in [3.8, 4) is 5.75 Å². The van der Waals surface area contributed by atoms with Gasteiger partial charge in [0.1, 0.15) is 0 Å². The fraction of sp³-hybridized carbons (Fsp3) is 0.167. The molecule has 0 spiro atoms. The third kappa shape index (κ3) is 2.04. The topological polar surface area (TPSA) is 59.4 Å². The summed E-state index contributed by atoms with van der Waals surface area (Å²) in [5, 5.41) is 9.38. The highest BCUT2D eigenvalue weighted by Crippen LogP contribution is 2.26. The Kier molecular flexibility index (Phi) is 2.91. The molecule has 0 radical (unpaired) electrons. The van der Waals surface area contributed by atoms with Crippen LogP contribution in [0.4, 0.5) is 4.39 Å². The average molecular weight is 235 g/mol. The van der Waals surface area contributed by atoms with Crippen LogP contribution in [-0.2, 0) is 0 Å². The van der Waals surface area contributed by atoms with Gasteiger partial charge in [-0.2, -0.15) is 0 Å². The fourth-order valence-corrected chi connectivity index (χ4v) is 1.60. The molecule has 0 aliphatic heterocycles. The van der Waals surface area contributed by atoms with Gasteiger partial charge in [0.25, 0.3) is 0 Å². The lowest BCUT2D eigenvalue weighted by Gasteiger charge is -2.07. The van der Waals surface area contributed by atoms with E-state index in [4.69, 9.17) is 9.84 Å². The number of hydrogen-bond donors (Lipinski definition) is 1. The molecule has 1 aromatic carbocycles. The summed E-state index contributed by atoms with van der Waals surface area (Å²) < 4.78 is 18.6. The highest BCUT2D eigenvalue weighted by molar-refractivity contribution is 6.02. The number of benzene rings is 1. The summed E-state index contributed by atoms with van der Waals surface area (Å²) in [6.07, 6.45) is 1.34. The monoisotopic (exact) mass is 235 g/mol. The number of carboxylic acids is 1. The predicted octanol–water partition coefficient (Wildman–Crippen LogP) is 2.47. The smallest absolute Gasteiger partial charge is 0.336 e. The number of halogens is 1. The minimum Gasteiger partial charge on any atom is -0.491 e. The van der Waals surface area contributed by atoms with Gasteiger partial charge in [0, 0.05) is 17.6 Å². The predicted molar refractivity (Wildman–Crippen MR) is 59.8 cm³/mol. The molecule has 88 valence electrons. The van der Waals surface area contributed by atoms with E-state index in [9.17, 15) is 9.18 Å². The van der Waals surface area contributed by atoms with Crippen molar-refractivity contribution >= 4 is 16.9 Å². The van der Waals surface area contributed by atoms with Crippen molar-refractivity contribution in [2.75, 3.05) is 6.61 Å². The van der Waals surface area contributed by atoms with E-state index in [0.717, 1.165) is 0 Å². The molecule has 0 fully saturated rings. The van der Waals surface area contributed by atoms with E-state index in [1.54, 1.807) is 6.92 Å². The highest BCUT2D eigenvalue weighted by Gasteiger charge is 2.13. The van der Waals surface area contributed by atoms with Crippen molar-refractivity contribution in [1.29, 1.82) is 0 Å². The van der Waals surface area contributed by atoms with Crippen LogP contribution in [0.3, 0.4) is 0 Å². The molecule has 0 aliphatic rings. The third-order valence-electron chi connectivity index (χ3n) is 2.33. The maximum Gasteiger partial charge on any atom is 0.336 e. The zero-order valence-corrected chi connectivity index (χ0v) is 9.11. The molecule has 0 amide bonds. The number of aromatic nitrogens is 1. The van der Waals surface area contributed by atoms with Crippen molar-refractivity contribution in [2.24, 2.45) is 0 Å². The van der Waals surface area contributed by atoms with E-state index >= 15 is 0 Å². The average Bonchev–Trinajstić information content (AvgIpc) is 2.29. The van der Waals surface area contributed by atoms with Gasteiger partial charge in [-0.1, -0.05) is 0 Å². The second kappa shape index (κ2) is 4.37. The second-order valence-electron chi connectivity index (χ2n) is 3.40. The first-order chi connectivity index (χ1) is 8.13. The summed E-state index contributed by atoms with van der Waals surface area (Å²) in [7, 11) is 0. The molecule has 0 unspecified atom stereocenters. The number of aromatic carboxylic acids is 1. The van der Waals surface area contributed by atoms with Gasteiger partial charge in [0.05, 0.1) is 17.7 Å². The molecule has 0 bridgehead atoms. The van der Waals surface area contributed by atoms with Crippen LogP contribution in [0.5, 0.6) is 5.75 Å². The Hall–Kier alpha value is -2.17. The van der Waals surface area contributed by atoms with Crippen molar-refractivity contribution < 1.29 is 19.0 Å². The lowest BCUT2D eigenvalue weighted by Crippen LogP contribution is -2.00. The Labute approximate surface area is 96.7 Å². The molecule has 0 saturated heterocycles. The zero-order valence-electron chi connectivity index (χ0n) is 9.11. The molecule has 5 heteroatoms. The molecule has 0 atom stereocenters. The van der Waals surface area contributed by atoms with Crippen LogP contribution in [0.2, 0.25) is 0 Å². The number of nitrogens with zero attached hydrogens (tertiary/aromatic N) is 1. The maximum atomic E-state index is 13.5. The van der Waals surface area contributed by atoms with Crippen molar-refractivity contribution in [3.63, 3.8) is 0 Å². The Balaban J connectivity index is 2.71. The summed E-state index contributed by atoms with van der Waals surface area (Å²) in [4.78, 5) is 14.9. The van der Waals surface area contributed by atoms with Crippen LogP contribution in [0.25, 0.3) is 10.9 Å². The number of rotatable bonds is 3. The van der Waals surface area contributed by atoms with Gasteiger partial charge in [-0.3, -0.25) is 4.98 Å². The number of carboxylic acid groups (broad SMARTS) is 1. The summed E-state index contributed by atoms with van der Waals surface area (Å²) in [5.41, 5.74) is 0.377. The van der Waals surface area contributed by atoms with E-state index in [0.29, 0.717) is 17.5 Å². The van der Waals surface area contributed by atoms with Crippen LogP contribution >= 0.6 is 0 Å². The summed E-state index contributed by atoms with van der Waals surface area (Å²) in [6, 6.07) is 3.91. The second-order valence-corrected chi connectivity index (χ2v) is 3.40. The van der Waals surface area contributed by atoms with Crippen molar-refractivity contribution in [1.82, 2.24) is 4.98 Å². The number of hydrogen-bond acceptors (Lipinski definition) is 3. The Bertz CT molecular complexity index is 583. The van der Waals surface area contributed by atoms with E-state index in [2.05, 4.69) is 4.98 Å². The highest BCUT2D eigenvalue weighted by atomic mass is 19.1. The largest absolute Gasteiger partial charge is 0.491 e. The van der Waals surface area contributed by atoms with E-state index < -0.39 is 11.8 Å². The SMILES string of the molecule is CCOc1cc2c(C(=O)O)ccnc2cc1F. The number of fused-ring (bicyclic) bond motifs is 1. The Morgan fingerprint density at radius 2 is 2.29 bits per heavy atom. The molecule has 1 aromatic heterocycles. The van der Waals surface area contributed by atoms with E-state index in [1.807, 2.05) is 0 Å². The minimum absolute atomic E-state index is 0.0375. The van der Waals surface area contributed by atoms with Gasteiger partial charge in [-0.05, 0) is 19.1 Å². The van der Waals surface area contributed by atoms with Gasteiger partial charge in [-0.25, -0.2) is 9.18 Å². The first-order valence-corrected chi connectivity index (χ1v) is 5.08. The minimum atomic E-state index is -1.08. The first kappa shape index (κ1) is 11.3. The Morgan fingerprint density at radius 3 is 2.94 bits per heavy atom. The van der Waals surface area contributed by atoms with Gasteiger partial charge in [0.15, 0.2) is 11.6 Å². The fourth-order valence-electron chi connectivity index (χ4n) is 1.60. The van der Waals surface area contributed by atoms with Crippen LogP contribution in [-0.4, -0.2) is 22.7 Å². The van der Waals surface area contributed by atoms with Gasteiger partial charge in [-0.15, -0.1) is 0 Å². The number of pyridine rings is 1. The summed E-state index contributed by atoms with van der Waals surface area (Å²) >= 11 is 0. The standard InChI is InChI=1S/C12H10FNO3/c1-2-17-11-5-8-7(12(15)16)3-4-14-10(8)6-9(11)13/h3-6H,2H2,1H3,(H,15,16). The number of carbonyl (C=O) groups is 1. The molecular weight excluding hydrogens is 225 g/mol. The van der Waals surface area contributed by atoms with Gasteiger partial charge >= 0.3 is 5.97 Å². The lowest BCUT2D eigenvalue weighted by molar-refractivity contribution is 0.0699. The first-order valence-electron chi connectivity index (χ1n) is 5.08. The van der Waals surface area contributed by atoms with Crippen molar-refractivity contribution in [2.45, 2.75) is 6.92 Å². The van der Waals surface area contributed by atoms with Gasteiger partial charge < -0.3 is 9.84 Å². The molecule has 2 aromatic rings. The van der Waals surface area contributed by atoms with Crippen LogP contribution in [0.15, 0.2) is 24.4 Å². The third-order valence-corrected chi connectivity index (χ3v) is 2.33. The van der Waals surface area contributed by atoms with Crippen LogP contribution in [0.1, 0.15) is 17.3 Å². The van der Waals surface area contributed by atoms with Gasteiger partial charge in [0.2, 0.25) is 0 Å². The van der Waals surface area contributed by atoms with Crippen LogP contribution < -0.4 is 4.74 Å². The van der Waals surface area contributed by atoms with E-state index in [1.165, 1.54) is 24.4 Å². The maximum absolute atomic E-state index is 13.5. The zero-order chi connectivity index (χ0) is 12.4. The number of ether oxygens (including phenoxy) is 1. The molecular formula is C12H10FNO3. The quantitative estimate of drug-likeness (QED) is 0.887. The van der Waals surface area contributed by atoms with E-state index in [-0.39, 0.29) is 11.3 Å². The summed E-state index contributed by atoms with van der Waals surface area (Å²) in [6.45, 7) is 2.04. The molecule has 0 saturated carbocycles. The van der Waals surface area contributed by atoms with Crippen LogP contribution in [0, 0.1) is 5.82 Å². The molecule has 1 heterocycles. The normalized spacial score (nSPS) is 10.5. The Morgan fingerprint density at radius 1 is 1.53 bits per heavy atom. The molecule has 4 nitrogen and oxygen atoms in total. The molecule has 0 aliphatic carbocycles. The lowest BCUT2D eigenvalue weighted by atomic mass is 10.1.